The first-order chi connectivity index (χ1) is 13.0. The number of esters is 1. The summed E-state index contributed by atoms with van der Waals surface area (Å²) in [6.07, 6.45) is -0.568. The van der Waals surface area contributed by atoms with E-state index in [0.29, 0.717) is 11.3 Å². The Labute approximate surface area is 160 Å². The summed E-state index contributed by atoms with van der Waals surface area (Å²) in [7, 11) is 0. The summed E-state index contributed by atoms with van der Waals surface area (Å²) in [6, 6.07) is 13.6. The van der Waals surface area contributed by atoms with Crippen LogP contribution in [0.4, 0.5) is 11.4 Å². The molecule has 0 radical (unpaired) electrons. The molecule has 0 saturated carbocycles. The highest BCUT2D eigenvalue weighted by molar-refractivity contribution is 8.00. The summed E-state index contributed by atoms with van der Waals surface area (Å²) >= 11 is 1.48. The second-order valence-corrected chi connectivity index (χ2v) is 7.05. The molecule has 0 saturated heterocycles. The van der Waals surface area contributed by atoms with E-state index < -0.39 is 17.0 Å². The zero-order valence-corrected chi connectivity index (χ0v) is 15.5. The molecule has 0 unspecified atom stereocenters. The first-order valence-electron chi connectivity index (χ1n) is 8.41. The smallest absolute Gasteiger partial charge is 0.308 e. The average molecular weight is 386 g/mol. The number of hydrogen-bond donors (Lipinski definition) is 0. The molecule has 1 amide bonds. The fourth-order valence-corrected chi connectivity index (χ4v) is 3.75. The van der Waals surface area contributed by atoms with Crippen molar-refractivity contribution in [2.45, 2.75) is 24.3 Å². The van der Waals surface area contributed by atoms with Crippen LogP contribution < -0.4 is 4.90 Å². The van der Waals surface area contributed by atoms with Crippen molar-refractivity contribution in [2.75, 3.05) is 17.2 Å². The molecular formula is C19H18N2O5S. The molecule has 7 nitrogen and oxygen atoms in total. The van der Waals surface area contributed by atoms with Crippen molar-refractivity contribution in [3.63, 3.8) is 0 Å². The molecule has 1 aliphatic heterocycles. The number of hydrogen-bond acceptors (Lipinski definition) is 6. The summed E-state index contributed by atoms with van der Waals surface area (Å²) in [6.45, 7) is 1.89. The van der Waals surface area contributed by atoms with Gasteiger partial charge in [-0.1, -0.05) is 24.3 Å². The molecule has 0 bridgehead atoms. The molecule has 8 heteroatoms. The number of thioether (sulfide) groups is 1. The SMILES string of the molecule is C[C@@H](OC(=O)CCN1C(=O)CSc2ccccc21)c1cccc([N+](=O)[O-])c1. The highest BCUT2D eigenvalue weighted by atomic mass is 32.2. The molecule has 0 aromatic heterocycles. The zero-order chi connectivity index (χ0) is 19.4. The van der Waals surface area contributed by atoms with Gasteiger partial charge in [-0.3, -0.25) is 19.7 Å². The summed E-state index contributed by atoms with van der Waals surface area (Å²) in [5.41, 5.74) is 1.30. The van der Waals surface area contributed by atoms with Crippen LogP contribution >= 0.6 is 11.8 Å². The lowest BCUT2D eigenvalue weighted by Gasteiger charge is -2.28. The summed E-state index contributed by atoms with van der Waals surface area (Å²) in [5, 5.41) is 10.9. The zero-order valence-electron chi connectivity index (χ0n) is 14.7. The first kappa shape index (κ1) is 18.9. The first-order valence-corrected chi connectivity index (χ1v) is 9.40. The van der Waals surface area contributed by atoms with E-state index in [1.165, 1.54) is 23.9 Å². The van der Waals surface area contributed by atoms with Crippen molar-refractivity contribution in [2.24, 2.45) is 0 Å². The van der Waals surface area contributed by atoms with E-state index in [2.05, 4.69) is 0 Å². The second kappa shape index (κ2) is 8.22. The predicted octanol–water partition coefficient (Wildman–Crippen LogP) is 3.73. The van der Waals surface area contributed by atoms with E-state index >= 15 is 0 Å². The number of nitro benzene ring substituents is 1. The number of nitrogens with zero attached hydrogens (tertiary/aromatic N) is 2. The van der Waals surface area contributed by atoms with Crippen LogP contribution in [-0.2, 0) is 14.3 Å². The van der Waals surface area contributed by atoms with E-state index in [-0.39, 0.29) is 24.6 Å². The number of anilines is 1. The Morgan fingerprint density at radius 1 is 1.30 bits per heavy atom. The molecule has 0 N–H and O–H groups in total. The lowest BCUT2D eigenvalue weighted by Crippen LogP contribution is -2.37. The van der Waals surface area contributed by atoms with Gasteiger partial charge in [-0.05, 0) is 24.6 Å². The maximum atomic E-state index is 12.2. The number of rotatable bonds is 6. The highest BCUT2D eigenvalue weighted by Gasteiger charge is 2.25. The van der Waals surface area contributed by atoms with Crippen molar-refractivity contribution >= 4 is 35.0 Å². The van der Waals surface area contributed by atoms with Gasteiger partial charge in [0.1, 0.15) is 6.10 Å². The molecule has 2 aromatic rings. The van der Waals surface area contributed by atoms with Crippen LogP contribution in [0.3, 0.4) is 0 Å². The highest BCUT2D eigenvalue weighted by Crippen LogP contribution is 2.35. The standard InChI is InChI=1S/C19H18N2O5S/c1-13(14-5-4-6-15(11-14)21(24)25)26-19(23)9-10-20-16-7-2-3-8-17(16)27-12-18(20)22/h2-8,11,13H,9-10,12H2,1H3/t13-/m1/s1. The Morgan fingerprint density at radius 3 is 2.85 bits per heavy atom. The monoisotopic (exact) mass is 386 g/mol. The van der Waals surface area contributed by atoms with Crippen molar-refractivity contribution in [1.82, 2.24) is 0 Å². The molecule has 0 fully saturated rings. The minimum Gasteiger partial charge on any atom is -0.458 e. The Balaban J connectivity index is 1.61. The molecule has 140 valence electrons. The number of fused-ring (bicyclic) bond motifs is 1. The van der Waals surface area contributed by atoms with E-state index in [1.54, 1.807) is 24.0 Å². The molecule has 2 aromatic carbocycles. The third-order valence-electron chi connectivity index (χ3n) is 4.21. The van der Waals surface area contributed by atoms with Crippen LogP contribution in [0, 0.1) is 10.1 Å². The molecule has 0 spiro atoms. The maximum absolute atomic E-state index is 12.2. The quantitative estimate of drug-likeness (QED) is 0.427. The van der Waals surface area contributed by atoms with Gasteiger partial charge in [0.25, 0.3) is 5.69 Å². The number of benzene rings is 2. The molecule has 1 atom stereocenters. The number of amides is 1. The van der Waals surface area contributed by atoms with Gasteiger partial charge in [0.05, 0.1) is 22.8 Å². The van der Waals surface area contributed by atoms with Crippen molar-refractivity contribution in [3.8, 4) is 0 Å². The van der Waals surface area contributed by atoms with E-state index in [1.807, 2.05) is 24.3 Å². The van der Waals surface area contributed by atoms with Crippen LogP contribution in [0.15, 0.2) is 53.4 Å². The topological polar surface area (TPSA) is 89.8 Å². The Bertz CT molecular complexity index is 886. The van der Waals surface area contributed by atoms with Crippen LogP contribution in [-0.4, -0.2) is 29.1 Å². The lowest BCUT2D eigenvalue weighted by molar-refractivity contribution is -0.385. The summed E-state index contributed by atoms with van der Waals surface area (Å²) in [5.74, 6) is -0.161. The average Bonchev–Trinajstić information content (AvgIpc) is 2.67. The Morgan fingerprint density at radius 2 is 2.07 bits per heavy atom. The van der Waals surface area contributed by atoms with Crippen molar-refractivity contribution in [3.05, 3.63) is 64.2 Å². The van der Waals surface area contributed by atoms with Gasteiger partial charge in [0, 0.05) is 23.6 Å². The Hall–Kier alpha value is -2.87. The molecular weight excluding hydrogens is 368 g/mol. The van der Waals surface area contributed by atoms with Gasteiger partial charge in [0.2, 0.25) is 5.91 Å². The van der Waals surface area contributed by atoms with E-state index in [0.717, 1.165) is 10.6 Å². The Kier molecular flexibility index (Phi) is 5.75. The van der Waals surface area contributed by atoms with Crippen molar-refractivity contribution < 1.29 is 19.2 Å². The largest absolute Gasteiger partial charge is 0.458 e. The van der Waals surface area contributed by atoms with Gasteiger partial charge in [-0.15, -0.1) is 11.8 Å². The lowest BCUT2D eigenvalue weighted by atomic mass is 10.1. The van der Waals surface area contributed by atoms with Crippen LogP contribution in [0.1, 0.15) is 25.0 Å². The third kappa shape index (κ3) is 4.46. The van der Waals surface area contributed by atoms with Crippen LogP contribution in [0.25, 0.3) is 0 Å². The molecule has 1 aliphatic rings. The number of carbonyl (C=O) groups excluding carboxylic acids is 2. The van der Waals surface area contributed by atoms with Gasteiger partial charge in [-0.2, -0.15) is 0 Å². The van der Waals surface area contributed by atoms with E-state index in [9.17, 15) is 19.7 Å². The number of ether oxygens (including phenoxy) is 1. The van der Waals surface area contributed by atoms with E-state index in [4.69, 9.17) is 4.74 Å². The maximum Gasteiger partial charge on any atom is 0.308 e. The number of para-hydroxylation sites is 1. The third-order valence-corrected chi connectivity index (χ3v) is 5.25. The predicted molar refractivity (Wildman–Crippen MR) is 102 cm³/mol. The number of nitro groups is 1. The summed E-state index contributed by atoms with van der Waals surface area (Å²) in [4.78, 5) is 37.4. The minimum atomic E-state index is -0.614. The fraction of sp³-hybridized carbons (Fsp3) is 0.263. The van der Waals surface area contributed by atoms with Gasteiger partial charge in [0.15, 0.2) is 0 Å². The van der Waals surface area contributed by atoms with Crippen LogP contribution in [0.5, 0.6) is 0 Å². The van der Waals surface area contributed by atoms with Gasteiger partial charge >= 0.3 is 5.97 Å². The molecule has 3 rings (SSSR count). The number of carbonyl (C=O) groups is 2. The molecule has 27 heavy (non-hydrogen) atoms. The van der Waals surface area contributed by atoms with Crippen molar-refractivity contribution in [1.29, 1.82) is 0 Å². The normalized spacial score (nSPS) is 14.4. The molecule has 0 aliphatic carbocycles. The molecule has 1 heterocycles. The number of non-ortho nitro benzene ring substituents is 1. The minimum absolute atomic E-state index is 0.0433. The van der Waals surface area contributed by atoms with Gasteiger partial charge < -0.3 is 9.64 Å². The van der Waals surface area contributed by atoms with Gasteiger partial charge in [-0.25, -0.2) is 0 Å². The second-order valence-electron chi connectivity index (χ2n) is 6.04. The summed E-state index contributed by atoms with van der Waals surface area (Å²) < 4.78 is 5.38. The fourth-order valence-electron chi connectivity index (χ4n) is 2.82. The van der Waals surface area contributed by atoms with Crippen LogP contribution in [0.2, 0.25) is 0 Å².